The number of hydrogen-bond donors (Lipinski definition) is 3. The van der Waals surface area contributed by atoms with Crippen molar-refractivity contribution in [2.24, 2.45) is 11.8 Å². The molecule has 2 aromatic rings. The number of aromatic nitrogens is 1. The number of halogens is 3. The van der Waals surface area contributed by atoms with Gasteiger partial charge in [0.15, 0.2) is 0 Å². The molecule has 0 aliphatic heterocycles. The van der Waals surface area contributed by atoms with Gasteiger partial charge in [-0.25, -0.2) is 4.98 Å². The van der Waals surface area contributed by atoms with Crippen LogP contribution in [0.1, 0.15) is 65.7 Å². The number of carboxylic acids is 1. The predicted molar refractivity (Wildman–Crippen MR) is 124 cm³/mol. The Hall–Kier alpha value is -3.81. The van der Waals surface area contributed by atoms with Gasteiger partial charge in [-0.2, -0.15) is 18.4 Å². The molecule has 1 atom stereocenters. The molecule has 1 aliphatic rings. The number of amides is 1. The van der Waals surface area contributed by atoms with Crippen molar-refractivity contribution in [3.05, 3.63) is 52.7 Å². The van der Waals surface area contributed by atoms with Crippen LogP contribution in [0.2, 0.25) is 0 Å². The molecule has 3 rings (SSSR count). The number of anilines is 1. The first kappa shape index (κ1) is 26.8. The summed E-state index contributed by atoms with van der Waals surface area (Å²) in [7, 11) is 1.40. The summed E-state index contributed by atoms with van der Waals surface area (Å²) in [6.45, 7) is 1.88. The van der Waals surface area contributed by atoms with Crippen LogP contribution >= 0.6 is 0 Å². The number of ether oxygens (including phenoxy) is 1. The number of nitriles is 1. The molecule has 1 heterocycles. The second-order valence-electron chi connectivity index (χ2n) is 8.82. The number of alkyl halides is 3. The molecule has 1 aliphatic carbocycles. The van der Waals surface area contributed by atoms with Crippen LogP contribution in [0.3, 0.4) is 0 Å². The molecule has 0 radical (unpaired) electrons. The Balaban J connectivity index is 1.73. The number of carbonyl (C=O) groups excluding carboxylic acids is 1. The van der Waals surface area contributed by atoms with Crippen LogP contribution in [0.5, 0.6) is 5.75 Å². The van der Waals surface area contributed by atoms with Crippen LogP contribution in [0.25, 0.3) is 0 Å². The standard InChI is InChI=1S/C25H27F3N4O4/c1-14(19-8-5-16(11-29)9-21(19)36-2)32-22-20(25(26,27)28)10-18(13-30-22)23(33)31-12-15-3-6-17(7-4-15)24(34)35/h5,8-10,13-15,17H,3-4,6-7,12H2,1-2H3,(H,30,32)(H,31,33)(H,34,35)/t14-,15?,17?/m0/s1. The molecule has 3 N–H and O–H groups in total. The van der Waals surface area contributed by atoms with Crippen molar-refractivity contribution in [1.82, 2.24) is 10.3 Å². The molecule has 0 unspecified atom stereocenters. The highest BCUT2D eigenvalue weighted by atomic mass is 19.4. The van der Waals surface area contributed by atoms with Gasteiger partial charge in [-0.05, 0) is 56.7 Å². The molecule has 192 valence electrons. The second kappa shape index (κ2) is 11.3. The van der Waals surface area contributed by atoms with E-state index < -0.39 is 35.5 Å². The number of methoxy groups -OCH3 is 1. The fourth-order valence-corrected chi connectivity index (χ4v) is 4.29. The number of nitrogens with zero attached hydrogens (tertiary/aromatic N) is 2. The summed E-state index contributed by atoms with van der Waals surface area (Å²) in [6.07, 6.45) is -1.41. The number of nitrogens with one attached hydrogen (secondary N) is 2. The summed E-state index contributed by atoms with van der Waals surface area (Å²) in [5.41, 5.74) is -0.430. The average molecular weight is 505 g/mol. The summed E-state index contributed by atoms with van der Waals surface area (Å²) in [4.78, 5) is 27.5. The Morgan fingerprint density at radius 1 is 1.25 bits per heavy atom. The number of carbonyl (C=O) groups is 2. The maximum atomic E-state index is 13.8. The van der Waals surface area contributed by atoms with Crippen molar-refractivity contribution < 1.29 is 32.6 Å². The van der Waals surface area contributed by atoms with E-state index in [1.165, 1.54) is 19.2 Å². The number of carboxylic acid groups (broad SMARTS) is 1. The third kappa shape index (κ3) is 6.44. The first-order valence-corrected chi connectivity index (χ1v) is 11.5. The molecule has 0 saturated heterocycles. The van der Waals surface area contributed by atoms with Crippen molar-refractivity contribution in [2.75, 3.05) is 19.0 Å². The highest BCUT2D eigenvalue weighted by Gasteiger charge is 2.36. The van der Waals surface area contributed by atoms with E-state index in [2.05, 4.69) is 15.6 Å². The van der Waals surface area contributed by atoms with Crippen LogP contribution in [-0.4, -0.2) is 35.6 Å². The Bertz CT molecular complexity index is 1150. The molecule has 0 bridgehead atoms. The third-order valence-corrected chi connectivity index (χ3v) is 6.38. The van der Waals surface area contributed by atoms with Crippen LogP contribution in [-0.2, 0) is 11.0 Å². The zero-order valence-electron chi connectivity index (χ0n) is 19.9. The molecule has 8 nitrogen and oxygen atoms in total. The first-order chi connectivity index (χ1) is 17.0. The van der Waals surface area contributed by atoms with Crippen molar-refractivity contribution in [3.63, 3.8) is 0 Å². The zero-order valence-corrected chi connectivity index (χ0v) is 19.9. The van der Waals surface area contributed by atoms with Crippen molar-refractivity contribution in [1.29, 1.82) is 5.26 Å². The Morgan fingerprint density at radius 2 is 1.94 bits per heavy atom. The van der Waals surface area contributed by atoms with Crippen LogP contribution in [0, 0.1) is 23.2 Å². The van der Waals surface area contributed by atoms with E-state index >= 15 is 0 Å². The summed E-state index contributed by atoms with van der Waals surface area (Å²) in [5, 5.41) is 23.5. The molecule has 1 aromatic heterocycles. The lowest BCUT2D eigenvalue weighted by Crippen LogP contribution is -2.32. The van der Waals surface area contributed by atoms with E-state index in [9.17, 15) is 22.8 Å². The minimum Gasteiger partial charge on any atom is -0.496 e. The normalized spacial score (nSPS) is 18.6. The van der Waals surface area contributed by atoms with E-state index in [1.54, 1.807) is 13.0 Å². The molecular formula is C25H27F3N4O4. The molecule has 36 heavy (non-hydrogen) atoms. The second-order valence-corrected chi connectivity index (χ2v) is 8.82. The maximum absolute atomic E-state index is 13.8. The number of hydrogen-bond acceptors (Lipinski definition) is 6. The Kier molecular flexibility index (Phi) is 8.40. The van der Waals surface area contributed by atoms with E-state index in [0.717, 1.165) is 12.3 Å². The summed E-state index contributed by atoms with van der Waals surface area (Å²) in [5.74, 6) is -1.92. The van der Waals surface area contributed by atoms with Gasteiger partial charge >= 0.3 is 12.1 Å². The zero-order chi connectivity index (χ0) is 26.5. The predicted octanol–water partition coefficient (Wildman–Crippen LogP) is 4.77. The van der Waals surface area contributed by atoms with Crippen LogP contribution < -0.4 is 15.4 Å². The molecule has 1 fully saturated rings. The van der Waals surface area contributed by atoms with Gasteiger partial charge in [-0.15, -0.1) is 0 Å². The number of aliphatic carboxylic acids is 1. The SMILES string of the molecule is COc1cc(C#N)ccc1[C@H](C)Nc1ncc(C(=O)NCC2CCC(C(=O)O)CC2)cc1C(F)(F)F. The third-order valence-electron chi connectivity index (χ3n) is 6.38. The molecule has 0 spiro atoms. The summed E-state index contributed by atoms with van der Waals surface area (Å²) in [6, 6.07) is 6.71. The van der Waals surface area contributed by atoms with E-state index in [0.29, 0.717) is 42.6 Å². The van der Waals surface area contributed by atoms with Crippen molar-refractivity contribution in [3.8, 4) is 11.8 Å². The lowest BCUT2D eigenvalue weighted by Gasteiger charge is -2.26. The number of benzene rings is 1. The smallest absolute Gasteiger partial charge is 0.419 e. The van der Waals surface area contributed by atoms with Gasteiger partial charge in [0.05, 0.1) is 41.8 Å². The van der Waals surface area contributed by atoms with Crippen molar-refractivity contribution >= 4 is 17.7 Å². The lowest BCUT2D eigenvalue weighted by atomic mass is 9.82. The van der Waals surface area contributed by atoms with Crippen LogP contribution in [0.4, 0.5) is 19.0 Å². The van der Waals surface area contributed by atoms with E-state index in [1.807, 2.05) is 6.07 Å². The lowest BCUT2D eigenvalue weighted by molar-refractivity contribution is -0.143. The first-order valence-electron chi connectivity index (χ1n) is 11.5. The fourth-order valence-electron chi connectivity index (χ4n) is 4.29. The molecule has 1 aromatic carbocycles. The average Bonchev–Trinajstić information content (AvgIpc) is 2.86. The van der Waals surface area contributed by atoms with Crippen molar-refractivity contribution in [2.45, 2.75) is 44.8 Å². The van der Waals surface area contributed by atoms with E-state index in [4.69, 9.17) is 15.1 Å². The molecule has 1 amide bonds. The minimum atomic E-state index is -4.77. The largest absolute Gasteiger partial charge is 0.496 e. The quantitative estimate of drug-likeness (QED) is 0.473. The number of pyridine rings is 1. The van der Waals surface area contributed by atoms with E-state index in [-0.39, 0.29) is 23.9 Å². The van der Waals surface area contributed by atoms with Gasteiger partial charge in [0, 0.05) is 18.3 Å². The van der Waals surface area contributed by atoms with Gasteiger partial charge in [-0.1, -0.05) is 6.07 Å². The highest BCUT2D eigenvalue weighted by Crippen LogP contribution is 2.37. The number of rotatable bonds is 8. The maximum Gasteiger partial charge on any atom is 0.419 e. The van der Waals surface area contributed by atoms with Gasteiger partial charge in [-0.3, -0.25) is 9.59 Å². The summed E-state index contributed by atoms with van der Waals surface area (Å²) < 4.78 is 46.8. The minimum absolute atomic E-state index is 0.0730. The molecule has 11 heteroatoms. The highest BCUT2D eigenvalue weighted by molar-refractivity contribution is 5.94. The van der Waals surface area contributed by atoms with Gasteiger partial charge in [0.1, 0.15) is 11.6 Å². The Labute approximate surface area is 206 Å². The Morgan fingerprint density at radius 3 is 2.53 bits per heavy atom. The van der Waals surface area contributed by atoms with Gasteiger partial charge in [0.2, 0.25) is 0 Å². The topological polar surface area (TPSA) is 124 Å². The van der Waals surface area contributed by atoms with Gasteiger partial charge < -0.3 is 20.5 Å². The van der Waals surface area contributed by atoms with Crippen LogP contribution in [0.15, 0.2) is 30.5 Å². The monoisotopic (exact) mass is 504 g/mol. The fraction of sp³-hybridized carbons (Fsp3) is 0.440. The van der Waals surface area contributed by atoms with Gasteiger partial charge in [0.25, 0.3) is 5.91 Å². The molecular weight excluding hydrogens is 477 g/mol. The summed E-state index contributed by atoms with van der Waals surface area (Å²) >= 11 is 0. The molecule has 1 saturated carbocycles.